The summed E-state index contributed by atoms with van der Waals surface area (Å²) in [4.78, 5) is 4.46. The van der Waals surface area contributed by atoms with Crippen molar-refractivity contribution in [1.29, 1.82) is 0 Å². The molecule has 1 aliphatic rings. The Kier molecular flexibility index (Phi) is 3.52. The highest BCUT2D eigenvalue weighted by Crippen LogP contribution is 2.29. The van der Waals surface area contributed by atoms with Crippen molar-refractivity contribution in [2.24, 2.45) is 0 Å². The van der Waals surface area contributed by atoms with E-state index in [1.165, 1.54) is 6.07 Å². The van der Waals surface area contributed by atoms with Crippen LogP contribution in [0, 0.1) is 5.82 Å². The van der Waals surface area contributed by atoms with Gasteiger partial charge in [0.1, 0.15) is 11.6 Å². The van der Waals surface area contributed by atoms with Gasteiger partial charge in [-0.05, 0) is 36.1 Å². The molecule has 5 rings (SSSR count). The lowest BCUT2D eigenvalue weighted by atomic mass is 10.2. The van der Waals surface area contributed by atoms with E-state index in [1.54, 1.807) is 6.07 Å². The number of fused-ring (bicyclic) bond motifs is 2. The average Bonchev–Trinajstić information content (AvgIpc) is 3.35. The van der Waals surface area contributed by atoms with Crippen molar-refractivity contribution in [2.45, 2.75) is 25.6 Å². The Bertz CT molecular complexity index is 1080. The fraction of sp³-hybridized carbons (Fsp3) is 0.190. The third-order valence-electron chi connectivity index (χ3n) is 5.13. The number of hydrogen-bond donors (Lipinski definition) is 1. The van der Waals surface area contributed by atoms with Crippen LogP contribution in [0.2, 0.25) is 0 Å². The number of anilines is 1. The molecular formula is C21H19FN4. The zero-order valence-electron chi connectivity index (χ0n) is 14.3. The Morgan fingerprint density at radius 3 is 2.96 bits per heavy atom. The molecule has 4 aromatic rings. The van der Waals surface area contributed by atoms with Gasteiger partial charge in [0.25, 0.3) is 0 Å². The van der Waals surface area contributed by atoms with Gasteiger partial charge >= 0.3 is 0 Å². The molecule has 0 aliphatic carbocycles. The standard InChI is InChI=1S/C21H19FN4/c22-18-4-2-1-3-16(18)14-26-10-7-15-5-6-17(13-20(15)26)24-19-8-11-25-12-9-23-21(19)25/h1-7,9-10,12-13,19,24H,8,11,14H2. The molecule has 1 N–H and O–H groups in total. The number of rotatable bonds is 4. The first-order valence-corrected chi connectivity index (χ1v) is 8.88. The summed E-state index contributed by atoms with van der Waals surface area (Å²) in [5, 5.41) is 4.75. The molecule has 0 saturated carbocycles. The second-order valence-corrected chi connectivity index (χ2v) is 6.77. The van der Waals surface area contributed by atoms with Crippen LogP contribution in [0.1, 0.15) is 23.9 Å². The van der Waals surface area contributed by atoms with Gasteiger partial charge in [-0.25, -0.2) is 9.37 Å². The molecule has 4 nitrogen and oxygen atoms in total. The lowest BCUT2D eigenvalue weighted by molar-refractivity contribution is 0.602. The lowest BCUT2D eigenvalue weighted by Gasteiger charge is -2.14. The van der Waals surface area contributed by atoms with E-state index in [-0.39, 0.29) is 11.9 Å². The van der Waals surface area contributed by atoms with Crippen LogP contribution in [0.15, 0.2) is 67.1 Å². The summed E-state index contributed by atoms with van der Waals surface area (Å²) in [5.74, 6) is 0.924. The van der Waals surface area contributed by atoms with E-state index in [4.69, 9.17) is 0 Å². The first-order chi connectivity index (χ1) is 12.8. The van der Waals surface area contributed by atoms with Gasteiger partial charge in [0, 0.05) is 36.4 Å². The van der Waals surface area contributed by atoms with Crippen molar-refractivity contribution in [3.8, 4) is 0 Å². The van der Waals surface area contributed by atoms with Crippen molar-refractivity contribution >= 4 is 16.6 Å². The number of aryl methyl sites for hydroxylation is 1. The number of nitrogens with one attached hydrogen (secondary N) is 1. The molecule has 1 aliphatic heterocycles. The van der Waals surface area contributed by atoms with E-state index in [0.717, 1.165) is 35.4 Å². The zero-order chi connectivity index (χ0) is 17.5. The Hall–Kier alpha value is -3.08. The number of imidazole rings is 1. The molecule has 0 radical (unpaired) electrons. The lowest BCUT2D eigenvalue weighted by Crippen LogP contribution is -2.08. The van der Waals surface area contributed by atoms with Gasteiger partial charge in [0.2, 0.25) is 0 Å². The third kappa shape index (κ3) is 2.56. The van der Waals surface area contributed by atoms with Crippen molar-refractivity contribution in [2.75, 3.05) is 5.32 Å². The van der Waals surface area contributed by atoms with Crippen molar-refractivity contribution < 1.29 is 4.39 Å². The SMILES string of the molecule is Fc1ccccc1Cn1ccc2ccc(NC3CCn4ccnc43)cc21. The van der Waals surface area contributed by atoms with E-state index in [9.17, 15) is 4.39 Å². The molecule has 5 heteroatoms. The van der Waals surface area contributed by atoms with Gasteiger partial charge in [-0.1, -0.05) is 24.3 Å². The number of nitrogens with zero attached hydrogens (tertiary/aromatic N) is 3. The number of aromatic nitrogens is 3. The maximum absolute atomic E-state index is 14.0. The molecule has 3 heterocycles. The molecule has 130 valence electrons. The molecule has 0 amide bonds. The normalized spacial score (nSPS) is 16.1. The Morgan fingerprint density at radius 1 is 1.12 bits per heavy atom. The summed E-state index contributed by atoms with van der Waals surface area (Å²) in [7, 11) is 0. The molecule has 0 fully saturated rings. The van der Waals surface area contributed by atoms with Crippen LogP contribution in [0.25, 0.3) is 10.9 Å². The Labute approximate surface area is 150 Å². The second-order valence-electron chi connectivity index (χ2n) is 6.77. The topological polar surface area (TPSA) is 34.8 Å². The van der Waals surface area contributed by atoms with E-state index in [1.807, 2.05) is 30.7 Å². The maximum Gasteiger partial charge on any atom is 0.131 e. The molecule has 2 aromatic carbocycles. The van der Waals surface area contributed by atoms with Crippen molar-refractivity contribution in [3.63, 3.8) is 0 Å². The minimum Gasteiger partial charge on any atom is -0.375 e. The van der Waals surface area contributed by atoms with Gasteiger partial charge in [0.05, 0.1) is 18.1 Å². The van der Waals surface area contributed by atoms with Crippen LogP contribution in [-0.2, 0) is 13.1 Å². The van der Waals surface area contributed by atoms with Crippen LogP contribution < -0.4 is 5.32 Å². The smallest absolute Gasteiger partial charge is 0.131 e. The molecule has 1 unspecified atom stereocenters. The minimum absolute atomic E-state index is 0.165. The zero-order valence-corrected chi connectivity index (χ0v) is 14.3. The predicted octanol–water partition coefficient (Wildman–Crippen LogP) is 4.58. The van der Waals surface area contributed by atoms with Gasteiger partial charge < -0.3 is 14.5 Å². The highest BCUT2D eigenvalue weighted by atomic mass is 19.1. The fourth-order valence-electron chi connectivity index (χ4n) is 3.78. The van der Waals surface area contributed by atoms with Crippen LogP contribution in [0.3, 0.4) is 0 Å². The second kappa shape index (κ2) is 6.02. The summed E-state index contributed by atoms with van der Waals surface area (Å²) in [5.41, 5.74) is 2.85. The van der Waals surface area contributed by atoms with Crippen LogP contribution in [-0.4, -0.2) is 14.1 Å². The molecule has 0 bridgehead atoms. The summed E-state index contributed by atoms with van der Waals surface area (Å²) in [6.07, 6.45) is 6.94. The maximum atomic E-state index is 14.0. The molecular weight excluding hydrogens is 327 g/mol. The largest absolute Gasteiger partial charge is 0.375 e. The minimum atomic E-state index is -0.165. The van der Waals surface area contributed by atoms with Gasteiger partial charge in [-0.2, -0.15) is 0 Å². The fourth-order valence-corrected chi connectivity index (χ4v) is 3.78. The monoisotopic (exact) mass is 346 g/mol. The highest BCUT2D eigenvalue weighted by molar-refractivity contribution is 5.83. The van der Waals surface area contributed by atoms with E-state index in [2.05, 4.69) is 43.7 Å². The molecule has 2 aromatic heterocycles. The predicted molar refractivity (Wildman–Crippen MR) is 101 cm³/mol. The Balaban J connectivity index is 1.45. The van der Waals surface area contributed by atoms with Crippen LogP contribution in [0.5, 0.6) is 0 Å². The molecule has 1 atom stereocenters. The summed E-state index contributed by atoms with van der Waals surface area (Å²) >= 11 is 0. The van der Waals surface area contributed by atoms with E-state index < -0.39 is 0 Å². The molecule has 26 heavy (non-hydrogen) atoms. The van der Waals surface area contributed by atoms with E-state index in [0.29, 0.717) is 12.1 Å². The van der Waals surface area contributed by atoms with E-state index >= 15 is 0 Å². The number of halogens is 1. The third-order valence-corrected chi connectivity index (χ3v) is 5.13. The van der Waals surface area contributed by atoms with Gasteiger partial charge in [0.15, 0.2) is 0 Å². The first kappa shape index (κ1) is 15.2. The van der Waals surface area contributed by atoms with Crippen molar-refractivity contribution in [3.05, 3.63) is 84.3 Å². The van der Waals surface area contributed by atoms with Gasteiger partial charge in [-0.15, -0.1) is 0 Å². The quantitative estimate of drug-likeness (QED) is 0.587. The first-order valence-electron chi connectivity index (χ1n) is 8.88. The summed E-state index contributed by atoms with van der Waals surface area (Å²) in [6.45, 7) is 1.52. The Morgan fingerprint density at radius 2 is 2.04 bits per heavy atom. The highest BCUT2D eigenvalue weighted by Gasteiger charge is 2.23. The van der Waals surface area contributed by atoms with Crippen molar-refractivity contribution in [1.82, 2.24) is 14.1 Å². The van der Waals surface area contributed by atoms with Crippen LogP contribution >= 0.6 is 0 Å². The number of hydrogen-bond acceptors (Lipinski definition) is 2. The van der Waals surface area contributed by atoms with Crippen LogP contribution in [0.4, 0.5) is 10.1 Å². The summed E-state index contributed by atoms with van der Waals surface area (Å²) < 4.78 is 18.3. The summed E-state index contributed by atoms with van der Waals surface area (Å²) in [6, 6.07) is 15.6. The molecule has 0 spiro atoms. The molecule has 0 saturated heterocycles. The average molecular weight is 346 g/mol. The number of benzene rings is 2. The van der Waals surface area contributed by atoms with Gasteiger partial charge in [-0.3, -0.25) is 0 Å².